The van der Waals surface area contributed by atoms with Crippen LogP contribution in [-0.2, 0) is 0 Å². The van der Waals surface area contributed by atoms with E-state index < -0.39 is 0 Å². The number of imidazole rings is 1. The molecule has 17 heavy (non-hydrogen) atoms. The second-order valence-electron chi connectivity index (χ2n) is 4.70. The fourth-order valence-electron chi connectivity index (χ4n) is 2.40. The molecule has 90 valence electrons. The first kappa shape index (κ1) is 11.0. The van der Waals surface area contributed by atoms with Crippen molar-refractivity contribution in [2.45, 2.75) is 42.5 Å². The molecule has 2 aromatic rings. The van der Waals surface area contributed by atoms with Crippen LogP contribution in [0, 0.1) is 0 Å². The van der Waals surface area contributed by atoms with Crippen LogP contribution >= 0.6 is 11.8 Å². The maximum atomic E-state index is 5.76. The van der Waals surface area contributed by atoms with Crippen molar-refractivity contribution in [1.29, 1.82) is 0 Å². The molecule has 1 aliphatic rings. The van der Waals surface area contributed by atoms with Crippen molar-refractivity contribution >= 4 is 28.5 Å². The van der Waals surface area contributed by atoms with Crippen molar-refractivity contribution in [3.8, 4) is 0 Å². The molecule has 0 saturated heterocycles. The molecule has 0 bridgehead atoms. The molecule has 1 aromatic carbocycles. The number of anilines is 1. The Kier molecular flexibility index (Phi) is 2.97. The molecule has 1 fully saturated rings. The van der Waals surface area contributed by atoms with E-state index in [0.29, 0.717) is 0 Å². The predicted molar refractivity (Wildman–Crippen MR) is 73.2 cm³/mol. The van der Waals surface area contributed by atoms with E-state index in [-0.39, 0.29) is 0 Å². The first-order chi connectivity index (χ1) is 8.31. The number of benzene rings is 1. The van der Waals surface area contributed by atoms with Gasteiger partial charge in [0.2, 0.25) is 0 Å². The molecular formula is C13H17N3S. The second-order valence-corrected chi connectivity index (χ2v) is 5.99. The van der Waals surface area contributed by atoms with Crippen LogP contribution in [0.5, 0.6) is 0 Å². The van der Waals surface area contributed by atoms with Crippen LogP contribution < -0.4 is 5.73 Å². The lowest BCUT2D eigenvalue weighted by atomic mass is 10.0. The third-order valence-electron chi connectivity index (χ3n) is 3.31. The van der Waals surface area contributed by atoms with Gasteiger partial charge in [-0.2, -0.15) is 0 Å². The lowest BCUT2D eigenvalue weighted by molar-refractivity contribution is 0.515. The number of nitrogens with one attached hydrogen (secondary N) is 1. The summed E-state index contributed by atoms with van der Waals surface area (Å²) in [7, 11) is 0. The van der Waals surface area contributed by atoms with Gasteiger partial charge in [-0.05, 0) is 31.0 Å². The number of hydrogen-bond donors (Lipinski definition) is 2. The van der Waals surface area contributed by atoms with Gasteiger partial charge in [-0.3, -0.25) is 0 Å². The van der Waals surface area contributed by atoms with E-state index >= 15 is 0 Å². The highest BCUT2D eigenvalue weighted by molar-refractivity contribution is 7.99. The van der Waals surface area contributed by atoms with Crippen molar-refractivity contribution < 1.29 is 0 Å². The van der Waals surface area contributed by atoms with Gasteiger partial charge in [0.1, 0.15) is 0 Å². The molecule has 0 unspecified atom stereocenters. The van der Waals surface area contributed by atoms with Crippen LogP contribution in [0.1, 0.15) is 32.1 Å². The monoisotopic (exact) mass is 247 g/mol. The standard InChI is InChI=1S/C13H17N3S/c14-9-6-7-11-12(8-9)16-13(15-11)17-10-4-2-1-3-5-10/h6-8,10H,1-5,14H2,(H,15,16). The number of nitrogen functional groups attached to an aromatic ring is 1. The number of aromatic amines is 1. The molecule has 4 heteroatoms. The third-order valence-corrected chi connectivity index (χ3v) is 4.54. The number of nitrogens with two attached hydrogens (primary N) is 1. The Morgan fingerprint density at radius 1 is 1.24 bits per heavy atom. The zero-order valence-corrected chi connectivity index (χ0v) is 10.6. The fraction of sp³-hybridized carbons (Fsp3) is 0.462. The first-order valence-electron chi connectivity index (χ1n) is 6.23. The summed E-state index contributed by atoms with van der Waals surface area (Å²) < 4.78 is 0. The summed E-state index contributed by atoms with van der Waals surface area (Å²) in [5.74, 6) is 0. The average Bonchev–Trinajstić information content (AvgIpc) is 2.71. The number of thioether (sulfide) groups is 1. The molecule has 0 atom stereocenters. The normalized spacial score (nSPS) is 17.6. The van der Waals surface area contributed by atoms with Crippen LogP contribution in [0.2, 0.25) is 0 Å². The van der Waals surface area contributed by atoms with Gasteiger partial charge >= 0.3 is 0 Å². The number of fused-ring (bicyclic) bond motifs is 1. The largest absolute Gasteiger partial charge is 0.399 e. The maximum absolute atomic E-state index is 5.76. The van der Waals surface area contributed by atoms with Gasteiger partial charge in [0.15, 0.2) is 5.16 Å². The molecule has 3 nitrogen and oxygen atoms in total. The van der Waals surface area contributed by atoms with Crippen molar-refractivity contribution in [2.24, 2.45) is 0 Å². The van der Waals surface area contributed by atoms with Crippen LogP contribution in [0.25, 0.3) is 11.0 Å². The molecule has 1 saturated carbocycles. The molecule has 0 spiro atoms. The Morgan fingerprint density at radius 3 is 2.88 bits per heavy atom. The summed E-state index contributed by atoms with van der Waals surface area (Å²) in [6.07, 6.45) is 6.77. The van der Waals surface area contributed by atoms with E-state index in [1.807, 2.05) is 30.0 Å². The molecule has 0 aliphatic heterocycles. The predicted octanol–water partition coefficient (Wildman–Crippen LogP) is 3.57. The summed E-state index contributed by atoms with van der Waals surface area (Å²) in [4.78, 5) is 7.96. The van der Waals surface area contributed by atoms with E-state index in [4.69, 9.17) is 5.73 Å². The highest BCUT2D eigenvalue weighted by atomic mass is 32.2. The van der Waals surface area contributed by atoms with E-state index in [0.717, 1.165) is 27.1 Å². The highest BCUT2D eigenvalue weighted by Gasteiger charge is 2.16. The molecule has 1 aromatic heterocycles. The molecular weight excluding hydrogens is 230 g/mol. The lowest BCUT2D eigenvalue weighted by Gasteiger charge is -2.19. The van der Waals surface area contributed by atoms with Crippen molar-refractivity contribution in [2.75, 3.05) is 5.73 Å². The molecule has 1 heterocycles. The van der Waals surface area contributed by atoms with Gasteiger partial charge in [0.25, 0.3) is 0 Å². The number of aromatic nitrogens is 2. The van der Waals surface area contributed by atoms with Crippen LogP contribution in [0.3, 0.4) is 0 Å². The average molecular weight is 247 g/mol. The van der Waals surface area contributed by atoms with Gasteiger partial charge in [-0.15, -0.1) is 0 Å². The van der Waals surface area contributed by atoms with Crippen molar-refractivity contribution in [1.82, 2.24) is 9.97 Å². The van der Waals surface area contributed by atoms with Crippen LogP contribution in [0.15, 0.2) is 23.4 Å². The molecule has 0 amide bonds. The van der Waals surface area contributed by atoms with Gasteiger partial charge in [-0.1, -0.05) is 31.0 Å². The van der Waals surface area contributed by atoms with Gasteiger partial charge < -0.3 is 10.7 Å². The van der Waals surface area contributed by atoms with Gasteiger partial charge in [0.05, 0.1) is 11.0 Å². The van der Waals surface area contributed by atoms with Crippen molar-refractivity contribution in [3.63, 3.8) is 0 Å². The molecule has 1 aliphatic carbocycles. The van der Waals surface area contributed by atoms with Crippen molar-refractivity contribution in [3.05, 3.63) is 18.2 Å². The lowest BCUT2D eigenvalue weighted by Crippen LogP contribution is -2.07. The topological polar surface area (TPSA) is 54.7 Å². The number of hydrogen-bond acceptors (Lipinski definition) is 3. The van der Waals surface area contributed by atoms with Gasteiger partial charge in [0, 0.05) is 10.9 Å². The summed E-state index contributed by atoms with van der Waals surface area (Å²) in [6, 6.07) is 5.83. The Labute approximate surface area is 105 Å². The second kappa shape index (κ2) is 4.61. The van der Waals surface area contributed by atoms with Crippen LogP contribution in [0.4, 0.5) is 5.69 Å². The minimum Gasteiger partial charge on any atom is -0.399 e. The summed E-state index contributed by atoms with van der Waals surface area (Å²) in [5.41, 5.74) is 8.61. The number of rotatable bonds is 2. The quantitative estimate of drug-likeness (QED) is 0.798. The smallest absolute Gasteiger partial charge is 0.166 e. The Morgan fingerprint density at radius 2 is 2.06 bits per heavy atom. The minimum atomic E-state index is 0.738. The van der Waals surface area contributed by atoms with E-state index in [9.17, 15) is 0 Å². The third kappa shape index (κ3) is 2.41. The Hall–Kier alpha value is -1.16. The molecule has 3 N–H and O–H groups in total. The zero-order chi connectivity index (χ0) is 11.7. The Bertz CT molecular complexity index is 514. The summed E-state index contributed by atoms with van der Waals surface area (Å²) >= 11 is 1.89. The SMILES string of the molecule is Nc1ccc2nc(SC3CCCCC3)[nH]c2c1. The molecule has 0 radical (unpaired) electrons. The molecule has 3 rings (SSSR count). The summed E-state index contributed by atoms with van der Waals surface area (Å²) in [6.45, 7) is 0. The number of H-pyrrole nitrogens is 1. The van der Waals surface area contributed by atoms with E-state index in [1.165, 1.54) is 32.1 Å². The zero-order valence-electron chi connectivity index (χ0n) is 9.78. The van der Waals surface area contributed by atoms with E-state index in [2.05, 4.69) is 9.97 Å². The highest BCUT2D eigenvalue weighted by Crippen LogP contribution is 2.33. The summed E-state index contributed by atoms with van der Waals surface area (Å²) in [5, 5.41) is 1.78. The van der Waals surface area contributed by atoms with Crippen LogP contribution in [-0.4, -0.2) is 15.2 Å². The first-order valence-corrected chi connectivity index (χ1v) is 7.11. The number of nitrogens with zero attached hydrogens (tertiary/aromatic N) is 1. The van der Waals surface area contributed by atoms with Gasteiger partial charge in [-0.25, -0.2) is 4.98 Å². The maximum Gasteiger partial charge on any atom is 0.166 e. The minimum absolute atomic E-state index is 0.738. The fourth-order valence-corrected chi connectivity index (χ4v) is 3.61. The van der Waals surface area contributed by atoms with E-state index in [1.54, 1.807) is 0 Å². The Balaban J connectivity index is 1.80.